The number of likely N-dealkylation sites (tertiary alicyclic amines) is 1. The van der Waals surface area contributed by atoms with Crippen molar-refractivity contribution in [3.8, 4) is 0 Å². The molecule has 0 saturated carbocycles. The van der Waals surface area contributed by atoms with Crippen LogP contribution in [0.15, 0.2) is 18.2 Å². The van der Waals surface area contributed by atoms with Gasteiger partial charge in [-0.05, 0) is 24.6 Å². The molecule has 0 radical (unpaired) electrons. The zero-order valence-electron chi connectivity index (χ0n) is 11.5. The Balaban J connectivity index is 2.03. The normalized spacial score (nSPS) is 22.0. The fraction of sp³-hybridized carbons (Fsp3) is 0.429. The number of carbonyl (C=O) groups excluding carboxylic acids is 2. The zero-order chi connectivity index (χ0) is 15.6. The summed E-state index contributed by atoms with van der Waals surface area (Å²) in [7, 11) is 0. The fourth-order valence-corrected chi connectivity index (χ4v) is 2.51. The molecule has 2 atom stereocenters. The molecule has 1 aromatic carbocycles. The molecule has 5 nitrogen and oxygen atoms in total. The molecule has 2 rings (SSSR count). The number of amides is 2. The number of nitrogens with zero attached hydrogens (tertiary/aromatic N) is 1. The summed E-state index contributed by atoms with van der Waals surface area (Å²) in [5, 5.41) is 12.8. The van der Waals surface area contributed by atoms with Gasteiger partial charge in [0.25, 0.3) is 5.91 Å². The molecule has 7 heteroatoms. The average Bonchev–Trinajstić information content (AvgIpc) is 2.43. The monoisotopic (exact) mass is 314 g/mol. The van der Waals surface area contributed by atoms with E-state index in [0.29, 0.717) is 13.0 Å². The van der Waals surface area contributed by atoms with E-state index in [-0.39, 0.29) is 23.0 Å². The van der Waals surface area contributed by atoms with Crippen molar-refractivity contribution in [3.63, 3.8) is 0 Å². The summed E-state index contributed by atoms with van der Waals surface area (Å²) < 4.78 is 13.2. The molecule has 1 aliphatic rings. The maximum atomic E-state index is 13.2. The predicted molar refractivity (Wildman–Crippen MR) is 75.5 cm³/mol. The first-order valence-corrected chi connectivity index (χ1v) is 6.95. The summed E-state index contributed by atoms with van der Waals surface area (Å²) in [6.45, 7) is 2.05. The largest absolute Gasteiger partial charge is 0.389 e. The number of piperidine rings is 1. The first-order chi connectivity index (χ1) is 9.88. The molecule has 0 unspecified atom stereocenters. The second-order valence-corrected chi connectivity index (χ2v) is 5.43. The Hall–Kier alpha value is -1.66. The number of aliphatic hydroxyl groups excluding tert-OH is 1. The fourth-order valence-electron chi connectivity index (χ4n) is 2.30. The predicted octanol–water partition coefficient (Wildman–Crippen LogP) is 1.19. The number of hydrogen-bond acceptors (Lipinski definition) is 3. The van der Waals surface area contributed by atoms with E-state index in [4.69, 9.17) is 11.6 Å². The summed E-state index contributed by atoms with van der Waals surface area (Å²) in [5.74, 6) is -1.22. The van der Waals surface area contributed by atoms with Crippen LogP contribution in [-0.4, -0.2) is 47.1 Å². The molecule has 2 N–H and O–H groups in total. The molecule has 0 aromatic heterocycles. The molecule has 1 heterocycles. The quantitative estimate of drug-likeness (QED) is 0.861. The second kappa shape index (κ2) is 6.41. The van der Waals surface area contributed by atoms with E-state index in [9.17, 15) is 19.1 Å². The van der Waals surface area contributed by atoms with Crippen molar-refractivity contribution in [2.75, 3.05) is 13.1 Å². The van der Waals surface area contributed by atoms with E-state index in [1.54, 1.807) is 0 Å². The highest BCUT2D eigenvalue weighted by atomic mass is 35.5. The molecule has 1 aromatic rings. The molecular weight excluding hydrogens is 299 g/mol. The van der Waals surface area contributed by atoms with Crippen LogP contribution >= 0.6 is 11.6 Å². The third-order valence-electron chi connectivity index (χ3n) is 3.52. The van der Waals surface area contributed by atoms with Gasteiger partial charge in [-0.2, -0.15) is 0 Å². The number of hydrogen-bond donors (Lipinski definition) is 2. The number of carbonyl (C=O) groups is 2. The lowest BCUT2D eigenvalue weighted by atomic mass is 10.0. The molecule has 0 aliphatic carbocycles. The first-order valence-electron chi connectivity index (χ1n) is 6.58. The third kappa shape index (κ3) is 3.71. The van der Waals surface area contributed by atoms with E-state index >= 15 is 0 Å². The van der Waals surface area contributed by atoms with Crippen LogP contribution in [0.5, 0.6) is 0 Å². The Morgan fingerprint density at radius 3 is 2.81 bits per heavy atom. The van der Waals surface area contributed by atoms with E-state index in [1.807, 2.05) is 0 Å². The second-order valence-electron chi connectivity index (χ2n) is 5.03. The van der Waals surface area contributed by atoms with Crippen molar-refractivity contribution in [2.45, 2.75) is 25.5 Å². The van der Waals surface area contributed by atoms with Gasteiger partial charge in [-0.25, -0.2) is 4.39 Å². The van der Waals surface area contributed by atoms with Gasteiger partial charge >= 0.3 is 0 Å². The van der Waals surface area contributed by atoms with Crippen LogP contribution in [0.25, 0.3) is 0 Å². The van der Waals surface area contributed by atoms with Crippen LogP contribution in [0.3, 0.4) is 0 Å². The molecular formula is C14H16ClFN2O3. The van der Waals surface area contributed by atoms with Gasteiger partial charge in [0, 0.05) is 20.0 Å². The number of benzene rings is 1. The molecule has 2 amide bonds. The molecule has 114 valence electrons. The van der Waals surface area contributed by atoms with E-state index < -0.39 is 23.9 Å². The van der Waals surface area contributed by atoms with Crippen molar-refractivity contribution in [2.24, 2.45) is 0 Å². The summed E-state index contributed by atoms with van der Waals surface area (Å²) >= 11 is 5.87. The molecule has 1 aliphatic heterocycles. The third-order valence-corrected chi connectivity index (χ3v) is 3.85. The molecule has 0 bridgehead atoms. The van der Waals surface area contributed by atoms with Crippen LogP contribution in [0, 0.1) is 5.82 Å². The summed E-state index contributed by atoms with van der Waals surface area (Å²) in [6.07, 6.45) is -0.432. The maximum Gasteiger partial charge on any atom is 0.253 e. The highest BCUT2D eigenvalue weighted by Gasteiger charge is 2.30. The highest BCUT2D eigenvalue weighted by Crippen LogP contribution is 2.18. The van der Waals surface area contributed by atoms with Gasteiger partial charge in [-0.1, -0.05) is 11.6 Å². The molecule has 1 saturated heterocycles. The SMILES string of the molecule is CC(=O)N1CC[C@@H](NC(=O)c2cc(F)ccc2Cl)[C@H](O)C1. The topological polar surface area (TPSA) is 69.6 Å². The number of rotatable bonds is 2. The Morgan fingerprint density at radius 2 is 2.19 bits per heavy atom. The van der Waals surface area contributed by atoms with Gasteiger partial charge in [0.1, 0.15) is 5.82 Å². The summed E-state index contributed by atoms with van der Waals surface area (Å²) in [4.78, 5) is 24.9. The number of nitrogens with one attached hydrogen (secondary N) is 1. The minimum absolute atomic E-state index is 0.0258. The van der Waals surface area contributed by atoms with Crippen molar-refractivity contribution in [1.29, 1.82) is 0 Å². The van der Waals surface area contributed by atoms with Crippen LogP contribution in [0.1, 0.15) is 23.7 Å². The number of halogens is 2. The van der Waals surface area contributed by atoms with Gasteiger partial charge in [-0.3, -0.25) is 9.59 Å². The smallest absolute Gasteiger partial charge is 0.253 e. The van der Waals surface area contributed by atoms with Crippen molar-refractivity contribution >= 4 is 23.4 Å². The van der Waals surface area contributed by atoms with Crippen LogP contribution in [0.4, 0.5) is 4.39 Å². The summed E-state index contributed by atoms with van der Waals surface area (Å²) in [5.41, 5.74) is 0.0258. The molecule has 0 spiro atoms. The number of β-amino-alcohol motifs (C(OH)–C–C–N with tert-alkyl or cyclic N) is 1. The molecule has 1 fully saturated rings. The van der Waals surface area contributed by atoms with E-state index in [0.717, 1.165) is 6.07 Å². The lowest BCUT2D eigenvalue weighted by Crippen LogP contribution is -2.55. The average molecular weight is 315 g/mol. The maximum absolute atomic E-state index is 13.2. The molecule has 21 heavy (non-hydrogen) atoms. The van der Waals surface area contributed by atoms with Crippen LogP contribution < -0.4 is 5.32 Å². The summed E-state index contributed by atoms with van der Waals surface area (Å²) in [6, 6.07) is 3.03. The number of aliphatic hydroxyl groups is 1. The lowest BCUT2D eigenvalue weighted by molar-refractivity contribution is -0.132. The van der Waals surface area contributed by atoms with Gasteiger partial charge in [-0.15, -0.1) is 0 Å². The minimum atomic E-state index is -0.862. The van der Waals surface area contributed by atoms with Crippen LogP contribution in [-0.2, 0) is 4.79 Å². The lowest BCUT2D eigenvalue weighted by Gasteiger charge is -2.35. The zero-order valence-corrected chi connectivity index (χ0v) is 12.2. The van der Waals surface area contributed by atoms with Crippen molar-refractivity contribution < 1.29 is 19.1 Å². The first kappa shape index (κ1) is 15.7. The van der Waals surface area contributed by atoms with E-state index in [1.165, 1.54) is 24.0 Å². The Morgan fingerprint density at radius 1 is 1.48 bits per heavy atom. The van der Waals surface area contributed by atoms with Crippen LogP contribution in [0.2, 0.25) is 5.02 Å². The van der Waals surface area contributed by atoms with E-state index in [2.05, 4.69) is 5.32 Å². The van der Waals surface area contributed by atoms with Gasteiger partial charge < -0.3 is 15.3 Å². The van der Waals surface area contributed by atoms with Gasteiger partial charge in [0.15, 0.2) is 0 Å². The Labute approximate surface area is 126 Å². The highest BCUT2D eigenvalue weighted by molar-refractivity contribution is 6.33. The van der Waals surface area contributed by atoms with Crippen molar-refractivity contribution in [1.82, 2.24) is 10.2 Å². The Kier molecular flexibility index (Phi) is 4.80. The minimum Gasteiger partial charge on any atom is -0.389 e. The standard InChI is InChI=1S/C14H16ClFN2O3/c1-8(19)18-5-4-12(13(20)7-18)17-14(21)10-6-9(16)2-3-11(10)15/h2-3,6,12-13,20H,4-5,7H2,1H3,(H,17,21)/t12-,13-/m1/s1. The van der Waals surface area contributed by atoms with Crippen molar-refractivity contribution in [3.05, 3.63) is 34.6 Å². The van der Waals surface area contributed by atoms with Gasteiger partial charge in [0.2, 0.25) is 5.91 Å². The van der Waals surface area contributed by atoms with Gasteiger partial charge in [0.05, 0.1) is 22.7 Å². The Bertz CT molecular complexity index is 567.